The molecule has 2 nitrogen and oxygen atoms in total. The van der Waals surface area contributed by atoms with Crippen molar-refractivity contribution in [2.24, 2.45) is 0 Å². The van der Waals surface area contributed by atoms with Crippen molar-refractivity contribution in [2.75, 3.05) is 0 Å². The maximum Gasteiger partial charge on any atom is 0.267 e. The minimum atomic E-state index is -0.361. The lowest BCUT2D eigenvalue weighted by Crippen LogP contribution is -0.706. The zero-order chi connectivity index (χ0) is 2.71. The predicted octanol–water partition coefficient (Wildman–Crippen LogP) is 0.607. The van der Waals surface area contributed by atoms with Crippen molar-refractivity contribution < 1.29 is 10.0 Å². The lowest BCUT2D eigenvalue weighted by molar-refractivity contribution is 0.605. The van der Waals surface area contributed by atoms with Crippen LogP contribution in [0.2, 0.25) is 0 Å². The summed E-state index contributed by atoms with van der Waals surface area (Å²) in [5.74, 6) is 0. The molecule has 26 valence electrons. The summed E-state index contributed by atoms with van der Waals surface area (Å²) in [7, 11) is -0.361. The third-order valence-electron chi connectivity index (χ3n) is 0. The van der Waals surface area contributed by atoms with Gasteiger partial charge in [-0.15, -0.1) is 0 Å². The molecule has 0 aliphatic heterocycles. The highest BCUT2D eigenvalue weighted by Crippen LogP contribution is 1.92. The smallest absolute Gasteiger partial charge is 0.267 e. The molecule has 0 rings (SSSR count). The van der Waals surface area contributed by atoms with E-state index in [1.165, 1.54) is 0 Å². The molecule has 4 heavy (non-hydrogen) atoms. The summed E-state index contributed by atoms with van der Waals surface area (Å²) in [5.41, 5.74) is 0. The summed E-state index contributed by atoms with van der Waals surface area (Å²) in [6.45, 7) is 0. The van der Waals surface area contributed by atoms with Gasteiger partial charge in [-0.3, -0.25) is 4.57 Å². The molecule has 0 aliphatic rings. The highest BCUT2D eigenvalue weighted by Gasteiger charge is 1.33. The van der Waals surface area contributed by atoms with Crippen LogP contribution in [0.4, 0.5) is 0 Å². The van der Waals surface area contributed by atoms with Crippen LogP contribution in [0.25, 0.3) is 0 Å². The molecule has 0 saturated heterocycles. The number of halogens is 1. The summed E-state index contributed by atoms with van der Waals surface area (Å²) in [6.07, 6.45) is 0. The van der Waals surface area contributed by atoms with Gasteiger partial charge in [-0.25, -0.2) is 0 Å². The van der Waals surface area contributed by atoms with Crippen LogP contribution < -0.4 is 0 Å². The van der Waals surface area contributed by atoms with Gasteiger partial charge in [0.1, 0.15) is 0 Å². The minimum absolute atomic E-state index is 0. The standard InChI is InChI=1S/ClOP.H2O/c1-3-2;/h;1H2. The van der Waals surface area contributed by atoms with Crippen LogP contribution in [0.5, 0.6) is 0 Å². The van der Waals surface area contributed by atoms with Gasteiger partial charge in [0.2, 0.25) is 0 Å². The van der Waals surface area contributed by atoms with Gasteiger partial charge < -0.3 is 5.48 Å². The molecule has 0 unspecified atom stereocenters. The quantitative estimate of drug-likeness (QED) is 0.411. The molecule has 0 heterocycles. The van der Waals surface area contributed by atoms with E-state index in [-0.39, 0.29) is 13.3 Å². The Hall–Kier alpha value is 0.350. The van der Waals surface area contributed by atoms with Crippen molar-refractivity contribution in [1.82, 2.24) is 0 Å². The first-order valence-electron chi connectivity index (χ1n) is 0.352. The first-order chi connectivity index (χ1) is 1.41. The summed E-state index contributed by atoms with van der Waals surface area (Å²) in [6, 6.07) is 0. The van der Waals surface area contributed by atoms with Gasteiger partial charge in [0, 0.05) is 0 Å². The summed E-state index contributed by atoms with van der Waals surface area (Å²) in [4.78, 5) is 0. The lowest BCUT2D eigenvalue weighted by Gasteiger charge is -1.16. The molecule has 0 aromatic heterocycles. The van der Waals surface area contributed by atoms with Gasteiger partial charge in [0.25, 0.3) is 7.81 Å². The average Bonchev–Trinajstić information content (AvgIpc) is 0.918. The third-order valence-corrected chi connectivity index (χ3v) is 0. The highest BCUT2D eigenvalue weighted by atomic mass is 35.7. The molecule has 0 radical (unpaired) electrons. The van der Waals surface area contributed by atoms with E-state index in [0.29, 0.717) is 0 Å². The average molecular weight is 100 g/mol. The Morgan fingerprint density at radius 3 is 1.75 bits per heavy atom. The summed E-state index contributed by atoms with van der Waals surface area (Å²) < 4.78 is 8.67. The van der Waals surface area contributed by atoms with E-state index in [0.717, 1.165) is 0 Å². The van der Waals surface area contributed by atoms with Gasteiger partial charge in [-0.2, -0.15) is 0 Å². The molecule has 4 heteroatoms. The van der Waals surface area contributed by atoms with Gasteiger partial charge in [-0.05, 0) is 11.2 Å². The van der Waals surface area contributed by atoms with E-state index < -0.39 is 0 Å². The van der Waals surface area contributed by atoms with Crippen LogP contribution in [-0.2, 0) is 4.57 Å². The largest absolute Gasteiger partial charge is 0.412 e. The fourth-order valence-electron chi connectivity index (χ4n) is 0. The Morgan fingerprint density at radius 1 is 1.75 bits per heavy atom. The Bertz CT molecular complexity index is 13.5. The Balaban J connectivity index is 0. The van der Waals surface area contributed by atoms with Gasteiger partial charge in [0.05, 0.1) is 0 Å². The van der Waals surface area contributed by atoms with E-state index in [1.54, 1.807) is 0 Å². The minimum Gasteiger partial charge on any atom is -0.412 e. The molecular weight excluding hydrogens is 98.4 g/mol. The van der Waals surface area contributed by atoms with Gasteiger partial charge in [-0.1, -0.05) is 0 Å². The fourth-order valence-corrected chi connectivity index (χ4v) is 0. The first-order valence-corrected chi connectivity index (χ1v) is 2.07. The number of rotatable bonds is 0. The topological polar surface area (TPSA) is 48.6 Å². The van der Waals surface area contributed by atoms with Crippen LogP contribution in [0, 0.1) is 0 Å². The summed E-state index contributed by atoms with van der Waals surface area (Å²) >= 11 is 4.42. The molecule has 0 aromatic carbocycles. The molecule has 0 aliphatic carbocycles. The molecule has 0 spiro atoms. The van der Waals surface area contributed by atoms with Crippen molar-refractivity contribution in [3.8, 4) is 0 Å². The molecule has 2 N–H and O–H groups in total. The highest BCUT2D eigenvalue weighted by molar-refractivity contribution is 7.57. The fraction of sp³-hybridized carbons (Fsp3) is 0. The molecule has 0 aromatic rings. The molecule has 0 fully saturated rings. The van der Waals surface area contributed by atoms with Crippen LogP contribution >= 0.6 is 19.1 Å². The number of hydrogen-bond donors (Lipinski definition) is 0. The van der Waals surface area contributed by atoms with Crippen LogP contribution in [0.1, 0.15) is 0 Å². The van der Waals surface area contributed by atoms with Crippen LogP contribution in [-0.4, -0.2) is 5.48 Å². The SMILES string of the molecule is O.O=PCl. The molecule has 0 saturated carbocycles. The monoisotopic (exact) mass is 99.9 g/mol. The van der Waals surface area contributed by atoms with Crippen molar-refractivity contribution in [2.45, 2.75) is 0 Å². The maximum atomic E-state index is 8.67. The lowest BCUT2D eigenvalue weighted by atomic mass is 16.0. The van der Waals surface area contributed by atoms with Crippen LogP contribution in [0.15, 0.2) is 0 Å². The van der Waals surface area contributed by atoms with E-state index >= 15 is 0 Å². The van der Waals surface area contributed by atoms with Gasteiger partial charge >= 0.3 is 0 Å². The second-order valence-corrected chi connectivity index (χ2v) is 0.621. The molecular formula is H2ClO2P. The zero-order valence-corrected chi connectivity index (χ0v) is 3.38. The zero-order valence-electron chi connectivity index (χ0n) is 1.73. The molecule has 0 amide bonds. The molecule has 0 atom stereocenters. The number of hydrogen-bond acceptors (Lipinski definition) is 1. The van der Waals surface area contributed by atoms with Crippen molar-refractivity contribution >= 4 is 19.1 Å². The van der Waals surface area contributed by atoms with E-state index in [9.17, 15) is 0 Å². The summed E-state index contributed by atoms with van der Waals surface area (Å²) in [5, 5.41) is 0. The van der Waals surface area contributed by atoms with E-state index in [2.05, 4.69) is 11.2 Å². The molecule has 0 bridgehead atoms. The van der Waals surface area contributed by atoms with Gasteiger partial charge in [0.15, 0.2) is 0 Å². The van der Waals surface area contributed by atoms with Crippen molar-refractivity contribution in [3.05, 3.63) is 0 Å². The second kappa shape index (κ2) is 10.2. The van der Waals surface area contributed by atoms with Crippen molar-refractivity contribution in [3.63, 3.8) is 0 Å². The second-order valence-electron chi connectivity index (χ2n) is 0.0690. The predicted molar refractivity (Wildman–Crippen MR) is 17.1 cm³/mol. The van der Waals surface area contributed by atoms with E-state index in [4.69, 9.17) is 4.57 Å². The van der Waals surface area contributed by atoms with Crippen molar-refractivity contribution in [1.29, 1.82) is 0 Å². The third kappa shape index (κ3) is 35.0. The van der Waals surface area contributed by atoms with E-state index in [1.807, 2.05) is 0 Å². The first kappa shape index (κ1) is 8.84. The Kier molecular flexibility index (Phi) is 22.4. The maximum absolute atomic E-state index is 8.67. The Morgan fingerprint density at radius 2 is 1.75 bits per heavy atom. The Labute approximate surface area is 30.1 Å². The van der Waals surface area contributed by atoms with Crippen LogP contribution in [0.3, 0.4) is 0 Å². The normalized spacial score (nSPS) is 5.25.